The van der Waals surface area contributed by atoms with Gasteiger partial charge in [-0.15, -0.1) is 0 Å². The highest BCUT2D eigenvalue weighted by molar-refractivity contribution is 5.96. The van der Waals surface area contributed by atoms with Crippen LogP contribution in [0.15, 0.2) is 16.8 Å². The third-order valence-corrected chi connectivity index (χ3v) is 10.1. The smallest absolute Gasteiger partial charge is 0.129 e. The number of rotatable bonds is 4. The zero-order valence-electron chi connectivity index (χ0n) is 19.2. The SMILES string of the molecule is C[C@]12CC[C@H]3[C@@H](CCC4=CC(=NOCCN5CCCCC5)CC[C@@]43C)[C@@H]1CC[C@@H]2O. The first-order chi connectivity index (χ1) is 14.5. The van der Waals surface area contributed by atoms with E-state index < -0.39 is 0 Å². The number of aliphatic hydroxyl groups excluding tert-OH is 1. The topological polar surface area (TPSA) is 45.1 Å². The summed E-state index contributed by atoms with van der Waals surface area (Å²) >= 11 is 0. The Morgan fingerprint density at radius 3 is 2.70 bits per heavy atom. The van der Waals surface area contributed by atoms with E-state index in [9.17, 15) is 5.11 Å². The first-order valence-electron chi connectivity index (χ1n) is 12.8. The van der Waals surface area contributed by atoms with Crippen LogP contribution >= 0.6 is 0 Å². The quantitative estimate of drug-likeness (QED) is 0.510. The van der Waals surface area contributed by atoms with E-state index in [4.69, 9.17) is 4.84 Å². The van der Waals surface area contributed by atoms with Gasteiger partial charge in [0.2, 0.25) is 0 Å². The summed E-state index contributed by atoms with van der Waals surface area (Å²) in [5.74, 6) is 2.34. The lowest BCUT2D eigenvalue weighted by molar-refractivity contribution is -0.0722. The molecule has 0 aromatic heterocycles. The first kappa shape index (κ1) is 21.0. The Hall–Kier alpha value is -0.870. The second kappa shape index (κ2) is 8.24. The van der Waals surface area contributed by atoms with E-state index in [0.717, 1.165) is 49.5 Å². The molecule has 0 aromatic rings. The van der Waals surface area contributed by atoms with Gasteiger partial charge in [-0.05, 0) is 112 Å². The van der Waals surface area contributed by atoms with Crippen molar-refractivity contribution in [2.24, 2.45) is 33.7 Å². The molecule has 0 bridgehead atoms. The van der Waals surface area contributed by atoms with Crippen LogP contribution in [0.4, 0.5) is 0 Å². The number of aliphatic hydroxyl groups is 1. The van der Waals surface area contributed by atoms with Gasteiger partial charge in [0.05, 0.1) is 11.8 Å². The number of fused-ring (bicyclic) bond motifs is 5. The Morgan fingerprint density at radius 1 is 1.03 bits per heavy atom. The molecule has 5 aliphatic rings. The molecule has 1 saturated heterocycles. The second-order valence-electron chi connectivity index (χ2n) is 11.5. The number of hydrogen-bond donors (Lipinski definition) is 1. The molecule has 1 heterocycles. The van der Waals surface area contributed by atoms with Gasteiger partial charge in [-0.3, -0.25) is 4.90 Å². The fourth-order valence-corrected chi connectivity index (χ4v) is 8.10. The van der Waals surface area contributed by atoms with Crippen LogP contribution in [0.1, 0.15) is 84.5 Å². The maximum absolute atomic E-state index is 10.6. The van der Waals surface area contributed by atoms with E-state index in [1.807, 2.05) is 0 Å². The average molecular weight is 415 g/mol. The summed E-state index contributed by atoms with van der Waals surface area (Å²) in [7, 11) is 0. The Balaban J connectivity index is 1.23. The van der Waals surface area contributed by atoms with E-state index in [-0.39, 0.29) is 11.5 Å². The molecule has 5 rings (SSSR count). The highest BCUT2D eigenvalue weighted by Crippen LogP contribution is 2.65. The predicted octanol–water partition coefficient (Wildman–Crippen LogP) is 5.17. The standard InChI is InChI=1S/C26H42N2O2/c1-25-12-10-20(27-30-17-16-28-14-4-3-5-15-28)18-19(25)6-7-21-22-8-9-24(29)26(22,2)13-11-23(21)25/h18,21-24,29H,3-17H2,1-2H3/t21-,22-,23-,24-,25-,26-/m0/s1. The van der Waals surface area contributed by atoms with Gasteiger partial charge < -0.3 is 9.94 Å². The van der Waals surface area contributed by atoms with Crippen molar-refractivity contribution >= 4 is 5.71 Å². The fraction of sp³-hybridized carbons (Fsp3) is 0.885. The van der Waals surface area contributed by atoms with Crippen LogP contribution in [0.5, 0.6) is 0 Å². The van der Waals surface area contributed by atoms with Crippen molar-refractivity contribution in [3.63, 3.8) is 0 Å². The highest BCUT2D eigenvalue weighted by atomic mass is 16.6. The van der Waals surface area contributed by atoms with Crippen LogP contribution in [0, 0.1) is 28.6 Å². The summed E-state index contributed by atoms with van der Waals surface area (Å²) in [4.78, 5) is 8.26. The summed E-state index contributed by atoms with van der Waals surface area (Å²) in [6.45, 7) is 9.10. The van der Waals surface area contributed by atoms with Crippen LogP contribution in [0.25, 0.3) is 0 Å². The molecule has 0 amide bonds. The van der Waals surface area contributed by atoms with Crippen molar-refractivity contribution in [1.29, 1.82) is 0 Å². The van der Waals surface area contributed by atoms with E-state index in [2.05, 4.69) is 30.0 Å². The van der Waals surface area contributed by atoms with Crippen molar-refractivity contribution in [2.75, 3.05) is 26.2 Å². The van der Waals surface area contributed by atoms with E-state index >= 15 is 0 Å². The molecule has 0 radical (unpaired) electrons. The molecule has 3 saturated carbocycles. The van der Waals surface area contributed by atoms with E-state index in [1.165, 1.54) is 70.9 Å². The minimum atomic E-state index is -0.0691. The van der Waals surface area contributed by atoms with Crippen LogP contribution in [0.3, 0.4) is 0 Å². The van der Waals surface area contributed by atoms with Gasteiger partial charge in [0.15, 0.2) is 0 Å². The zero-order valence-corrected chi connectivity index (χ0v) is 19.2. The van der Waals surface area contributed by atoms with Crippen molar-refractivity contribution < 1.29 is 9.94 Å². The molecule has 4 heteroatoms. The molecule has 0 aromatic carbocycles. The van der Waals surface area contributed by atoms with Crippen molar-refractivity contribution in [2.45, 2.75) is 90.6 Å². The minimum absolute atomic E-state index is 0.0691. The van der Waals surface area contributed by atoms with Gasteiger partial charge >= 0.3 is 0 Å². The molecule has 1 N–H and O–H groups in total. The summed E-state index contributed by atoms with van der Waals surface area (Å²) in [6, 6.07) is 0. The number of likely N-dealkylation sites (tertiary alicyclic amines) is 1. The lowest BCUT2D eigenvalue weighted by atomic mass is 9.47. The normalized spacial score (nSPS) is 45.4. The van der Waals surface area contributed by atoms with E-state index in [1.54, 1.807) is 5.57 Å². The first-order valence-corrected chi connectivity index (χ1v) is 12.8. The molecule has 1 aliphatic heterocycles. The van der Waals surface area contributed by atoms with Crippen molar-refractivity contribution in [1.82, 2.24) is 4.90 Å². The third-order valence-electron chi connectivity index (χ3n) is 10.1. The number of allylic oxidation sites excluding steroid dienone is 2. The molecular formula is C26H42N2O2. The Morgan fingerprint density at radius 2 is 1.87 bits per heavy atom. The number of hydrogen-bond acceptors (Lipinski definition) is 4. The molecule has 0 spiro atoms. The van der Waals surface area contributed by atoms with Crippen molar-refractivity contribution in [3.8, 4) is 0 Å². The fourth-order valence-electron chi connectivity index (χ4n) is 8.10. The summed E-state index contributed by atoms with van der Waals surface area (Å²) < 4.78 is 0. The lowest BCUT2D eigenvalue weighted by Gasteiger charge is -2.57. The molecule has 30 heavy (non-hydrogen) atoms. The van der Waals surface area contributed by atoms with Gasteiger partial charge in [0.1, 0.15) is 6.61 Å². The summed E-state index contributed by atoms with van der Waals surface area (Å²) in [5, 5.41) is 15.2. The Bertz CT molecular complexity index is 697. The summed E-state index contributed by atoms with van der Waals surface area (Å²) in [5.41, 5.74) is 3.32. The molecular weight excluding hydrogens is 372 g/mol. The number of oxime groups is 1. The largest absolute Gasteiger partial charge is 0.394 e. The minimum Gasteiger partial charge on any atom is -0.394 e. The average Bonchev–Trinajstić information content (AvgIpc) is 3.07. The predicted molar refractivity (Wildman–Crippen MR) is 121 cm³/mol. The maximum atomic E-state index is 10.6. The summed E-state index contributed by atoms with van der Waals surface area (Å²) in [6.07, 6.45) is 16.0. The maximum Gasteiger partial charge on any atom is 0.129 e. The highest BCUT2D eigenvalue weighted by Gasteiger charge is 2.58. The van der Waals surface area contributed by atoms with Gasteiger partial charge in [-0.1, -0.05) is 31.0 Å². The molecule has 4 aliphatic carbocycles. The van der Waals surface area contributed by atoms with Gasteiger partial charge in [0, 0.05) is 6.54 Å². The van der Waals surface area contributed by atoms with Crippen LogP contribution in [0.2, 0.25) is 0 Å². The lowest BCUT2D eigenvalue weighted by Crippen LogP contribution is -2.51. The number of nitrogens with zero attached hydrogens (tertiary/aromatic N) is 2. The van der Waals surface area contributed by atoms with Crippen LogP contribution < -0.4 is 0 Å². The zero-order chi connectivity index (χ0) is 20.8. The third kappa shape index (κ3) is 3.56. The Kier molecular flexibility index (Phi) is 5.77. The van der Waals surface area contributed by atoms with Crippen LogP contribution in [-0.2, 0) is 4.84 Å². The number of piperidine rings is 1. The van der Waals surface area contributed by atoms with Gasteiger partial charge in [0.25, 0.3) is 0 Å². The van der Waals surface area contributed by atoms with Crippen LogP contribution in [-0.4, -0.2) is 48.1 Å². The van der Waals surface area contributed by atoms with Crippen molar-refractivity contribution in [3.05, 3.63) is 11.6 Å². The van der Waals surface area contributed by atoms with Gasteiger partial charge in [-0.2, -0.15) is 0 Å². The monoisotopic (exact) mass is 414 g/mol. The van der Waals surface area contributed by atoms with E-state index in [0.29, 0.717) is 5.41 Å². The molecule has 168 valence electrons. The second-order valence-corrected chi connectivity index (χ2v) is 11.5. The molecule has 4 nitrogen and oxygen atoms in total. The Labute approximate surface area is 183 Å². The molecule has 4 fully saturated rings. The van der Waals surface area contributed by atoms with Gasteiger partial charge in [-0.25, -0.2) is 0 Å². The molecule has 0 unspecified atom stereocenters. The molecule has 6 atom stereocenters.